The zero-order valence-electron chi connectivity index (χ0n) is 13.0. The van der Waals surface area contributed by atoms with Crippen LogP contribution < -0.4 is 9.64 Å². The second-order valence-electron chi connectivity index (χ2n) is 5.72. The Kier molecular flexibility index (Phi) is 4.41. The van der Waals surface area contributed by atoms with Crippen LogP contribution in [0, 0.1) is 12.8 Å². The molecule has 1 aliphatic rings. The minimum atomic E-state index is -1.03. The predicted octanol–water partition coefficient (Wildman–Crippen LogP) is 2.39. The average molecular weight is 313 g/mol. The number of aryl methyl sites for hydroxylation is 1. The lowest BCUT2D eigenvalue weighted by atomic mass is 10.1. The lowest BCUT2D eigenvalue weighted by Gasteiger charge is -2.17. The SMILES string of the molecule is Cc1ccccc1OCC1CCN(c2nccc(C(=O)O)n2)C1. The fourth-order valence-corrected chi connectivity index (χ4v) is 2.70. The molecule has 0 spiro atoms. The standard InChI is InChI=1S/C17H19N3O3/c1-12-4-2-3-5-15(12)23-11-13-7-9-20(10-13)17-18-8-6-14(19-17)16(21)22/h2-6,8,13H,7,9-11H2,1H3,(H,21,22). The molecular formula is C17H19N3O3. The fourth-order valence-electron chi connectivity index (χ4n) is 2.70. The molecule has 0 bridgehead atoms. The largest absolute Gasteiger partial charge is 0.493 e. The molecule has 1 aromatic carbocycles. The summed E-state index contributed by atoms with van der Waals surface area (Å²) in [7, 11) is 0. The van der Waals surface area contributed by atoms with Gasteiger partial charge in [-0.2, -0.15) is 0 Å². The second-order valence-corrected chi connectivity index (χ2v) is 5.72. The summed E-state index contributed by atoms with van der Waals surface area (Å²) in [5.41, 5.74) is 1.15. The van der Waals surface area contributed by atoms with Crippen molar-refractivity contribution in [2.75, 3.05) is 24.6 Å². The molecule has 1 aliphatic heterocycles. The van der Waals surface area contributed by atoms with Crippen LogP contribution in [0.1, 0.15) is 22.5 Å². The van der Waals surface area contributed by atoms with Gasteiger partial charge in [-0.25, -0.2) is 14.8 Å². The summed E-state index contributed by atoms with van der Waals surface area (Å²) in [4.78, 5) is 21.3. The van der Waals surface area contributed by atoms with Crippen molar-refractivity contribution in [3.8, 4) is 5.75 Å². The van der Waals surface area contributed by atoms with Crippen molar-refractivity contribution in [1.82, 2.24) is 9.97 Å². The van der Waals surface area contributed by atoms with Crippen LogP contribution >= 0.6 is 0 Å². The molecule has 2 aromatic rings. The van der Waals surface area contributed by atoms with Crippen LogP contribution in [-0.4, -0.2) is 40.7 Å². The van der Waals surface area contributed by atoms with Gasteiger partial charge in [0.05, 0.1) is 6.61 Å². The van der Waals surface area contributed by atoms with E-state index in [1.54, 1.807) is 0 Å². The molecule has 1 fully saturated rings. The summed E-state index contributed by atoms with van der Waals surface area (Å²) < 4.78 is 5.91. The predicted molar refractivity (Wildman–Crippen MR) is 86.0 cm³/mol. The highest BCUT2D eigenvalue weighted by Gasteiger charge is 2.25. The van der Waals surface area contributed by atoms with E-state index in [9.17, 15) is 4.79 Å². The van der Waals surface area contributed by atoms with Crippen LogP contribution in [0.3, 0.4) is 0 Å². The van der Waals surface area contributed by atoms with Gasteiger partial charge in [-0.1, -0.05) is 18.2 Å². The number of benzene rings is 1. The van der Waals surface area contributed by atoms with Gasteiger partial charge in [-0.15, -0.1) is 0 Å². The number of carboxylic acid groups (broad SMARTS) is 1. The molecule has 1 unspecified atom stereocenters. The normalized spacial score (nSPS) is 17.3. The molecule has 1 saturated heterocycles. The van der Waals surface area contributed by atoms with Crippen molar-refractivity contribution in [3.63, 3.8) is 0 Å². The third-order valence-corrected chi connectivity index (χ3v) is 4.00. The lowest BCUT2D eigenvalue weighted by molar-refractivity contribution is 0.0690. The zero-order chi connectivity index (χ0) is 16.2. The molecule has 0 amide bonds. The van der Waals surface area contributed by atoms with E-state index in [-0.39, 0.29) is 5.69 Å². The summed E-state index contributed by atoms with van der Waals surface area (Å²) in [6, 6.07) is 9.37. The van der Waals surface area contributed by atoms with Gasteiger partial charge in [0.2, 0.25) is 5.95 Å². The molecular weight excluding hydrogens is 294 g/mol. The van der Waals surface area contributed by atoms with E-state index >= 15 is 0 Å². The molecule has 0 saturated carbocycles. The Morgan fingerprint density at radius 2 is 2.22 bits per heavy atom. The van der Waals surface area contributed by atoms with Crippen LogP contribution in [0.5, 0.6) is 5.75 Å². The van der Waals surface area contributed by atoms with Gasteiger partial charge in [0.25, 0.3) is 0 Å². The summed E-state index contributed by atoms with van der Waals surface area (Å²) in [5.74, 6) is 0.734. The minimum Gasteiger partial charge on any atom is -0.493 e. The number of carbonyl (C=O) groups is 1. The molecule has 23 heavy (non-hydrogen) atoms. The van der Waals surface area contributed by atoms with E-state index in [2.05, 4.69) is 9.97 Å². The molecule has 6 nitrogen and oxygen atoms in total. The van der Waals surface area contributed by atoms with Crippen molar-refractivity contribution in [2.24, 2.45) is 5.92 Å². The number of aromatic nitrogens is 2. The first-order valence-corrected chi connectivity index (χ1v) is 7.63. The number of hydrogen-bond donors (Lipinski definition) is 1. The van der Waals surface area contributed by atoms with Gasteiger partial charge in [-0.3, -0.25) is 0 Å². The first-order chi connectivity index (χ1) is 11.1. The monoisotopic (exact) mass is 313 g/mol. The van der Waals surface area contributed by atoms with E-state index in [0.29, 0.717) is 18.5 Å². The van der Waals surface area contributed by atoms with Crippen molar-refractivity contribution in [1.29, 1.82) is 0 Å². The fraction of sp³-hybridized carbons (Fsp3) is 0.353. The summed E-state index contributed by atoms with van der Waals surface area (Å²) in [6.07, 6.45) is 2.47. The van der Waals surface area contributed by atoms with Crippen LogP contribution in [-0.2, 0) is 0 Å². The summed E-state index contributed by atoms with van der Waals surface area (Å²) in [6.45, 7) is 4.25. The topological polar surface area (TPSA) is 75.5 Å². The van der Waals surface area contributed by atoms with Crippen LogP contribution in [0.25, 0.3) is 0 Å². The number of para-hydroxylation sites is 1. The molecule has 0 aliphatic carbocycles. The summed E-state index contributed by atoms with van der Waals surface area (Å²) >= 11 is 0. The van der Waals surface area contributed by atoms with Gasteiger partial charge >= 0.3 is 5.97 Å². The molecule has 6 heteroatoms. The highest BCUT2D eigenvalue weighted by atomic mass is 16.5. The Balaban J connectivity index is 1.59. The highest BCUT2D eigenvalue weighted by molar-refractivity contribution is 5.85. The van der Waals surface area contributed by atoms with Gasteiger partial charge in [0.15, 0.2) is 5.69 Å². The van der Waals surface area contributed by atoms with Gasteiger partial charge < -0.3 is 14.7 Å². The molecule has 0 radical (unpaired) electrons. The van der Waals surface area contributed by atoms with Crippen molar-refractivity contribution < 1.29 is 14.6 Å². The quantitative estimate of drug-likeness (QED) is 0.913. The maximum atomic E-state index is 11.0. The van der Waals surface area contributed by atoms with E-state index in [1.807, 2.05) is 36.1 Å². The number of rotatable bonds is 5. The number of anilines is 1. The molecule has 1 N–H and O–H groups in total. The van der Waals surface area contributed by atoms with E-state index < -0.39 is 5.97 Å². The Morgan fingerprint density at radius 3 is 3.00 bits per heavy atom. The molecule has 120 valence electrons. The average Bonchev–Trinajstić information content (AvgIpc) is 3.03. The van der Waals surface area contributed by atoms with Gasteiger partial charge in [0.1, 0.15) is 5.75 Å². The number of aromatic carboxylic acids is 1. The Morgan fingerprint density at radius 1 is 1.39 bits per heavy atom. The third kappa shape index (κ3) is 3.59. The number of carboxylic acids is 1. The maximum absolute atomic E-state index is 11.0. The first-order valence-electron chi connectivity index (χ1n) is 7.63. The van der Waals surface area contributed by atoms with E-state index in [1.165, 1.54) is 12.3 Å². The van der Waals surface area contributed by atoms with E-state index in [0.717, 1.165) is 30.8 Å². The van der Waals surface area contributed by atoms with Crippen molar-refractivity contribution in [2.45, 2.75) is 13.3 Å². The Hall–Kier alpha value is -2.63. The zero-order valence-corrected chi connectivity index (χ0v) is 13.0. The Labute approximate surface area is 134 Å². The van der Waals surface area contributed by atoms with Crippen LogP contribution in [0.2, 0.25) is 0 Å². The molecule has 3 rings (SSSR count). The maximum Gasteiger partial charge on any atom is 0.354 e. The lowest BCUT2D eigenvalue weighted by Crippen LogP contribution is -2.24. The minimum absolute atomic E-state index is 0.0228. The second kappa shape index (κ2) is 6.64. The number of nitrogens with zero attached hydrogens (tertiary/aromatic N) is 3. The number of hydrogen-bond acceptors (Lipinski definition) is 5. The van der Waals surface area contributed by atoms with Crippen molar-refractivity contribution in [3.05, 3.63) is 47.8 Å². The van der Waals surface area contributed by atoms with E-state index in [4.69, 9.17) is 9.84 Å². The van der Waals surface area contributed by atoms with Gasteiger partial charge in [0, 0.05) is 25.2 Å². The Bertz CT molecular complexity index is 705. The van der Waals surface area contributed by atoms with Crippen LogP contribution in [0.15, 0.2) is 36.5 Å². The molecule has 1 aromatic heterocycles. The van der Waals surface area contributed by atoms with Crippen molar-refractivity contribution >= 4 is 11.9 Å². The molecule has 1 atom stereocenters. The highest BCUT2D eigenvalue weighted by Crippen LogP contribution is 2.23. The third-order valence-electron chi connectivity index (χ3n) is 4.00. The van der Waals surface area contributed by atoms with Gasteiger partial charge in [-0.05, 0) is 31.0 Å². The summed E-state index contributed by atoms with van der Waals surface area (Å²) in [5, 5.41) is 9.01. The smallest absolute Gasteiger partial charge is 0.354 e. The van der Waals surface area contributed by atoms with Crippen LogP contribution in [0.4, 0.5) is 5.95 Å². The molecule has 2 heterocycles. The number of ether oxygens (including phenoxy) is 1. The first kappa shape index (κ1) is 15.3.